The van der Waals surface area contributed by atoms with Crippen molar-refractivity contribution in [2.24, 2.45) is 0 Å². The Balaban J connectivity index is 1.74. The van der Waals surface area contributed by atoms with Crippen molar-refractivity contribution in [3.8, 4) is 11.5 Å². The maximum absolute atomic E-state index is 10.9. The third-order valence-corrected chi connectivity index (χ3v) is 2.83. The molecule has 2 aromatic rings. The Bertz CT molecular complexity index is 599. The summed E-state index contributed by atoms with van der Waals surface area (Å²) >= 11 is 5.86. The Morgan fingerprint density at radius 1 is 1.05 bits per heavy atom. The molecule has 0 heterocycles. The Morgan fingerprint density at radius 2 is 1.71 bits per heavy atom. The zero-order valence-electron chi connectivity index (χ0n) is 11.6. The number of carbonyl (C=O) groups is 1. The highest BCUT2D eigenvalue weighted by Gasteiger charge is 1.98. The fourth-order valence-corrected chi connectivity index (χ4v) is 1.89. The molecule has 4 nitrogen and oxygen atoms in total. The van der Waals surface area contributed by atoms with Crippen molar-refractivity contribution in [2.45, 2.75) is 6.92 Å². The van der Waals surface area contributed by atoms with Gasteiger partial charge in [-0.15, -0.1) is 0 Å². The fourth-order valence-electron chi connectivity index (χ4n) is 1.71. The highest BCUT2D eigenvalue weighted by molar-refractivity contribution is 6.30. The summed E-state index contributed by atoms with van der Waals surface area (Å²) < 4.78 is 11.1. The summed E-state index contributed by atoms with van der Waals surface area (Å²) in [5, 5.41) is 3.34. The molecule has 0 fully saturated rings. The average molecular weight is 306 g/mol. The average Bonchev–Trinajstić information content (AvgIpc) is 2.45. The van der Waals surface area contributed by atoms with Crippen LogP contribution in [0.25, 0.3) is 0 Å². The molecule has 110 valence electrons. The molecule has 21 heavy (non-hydrogen) atoms. The van der Waals surface area contributed by atoms with E-state index in [-0.39, 0.29) is 5.91 Å². The molecule has 0 aromatic heterocycles. The van der Waals surface area contributed by atoms with Gasteiger partial charge in [0.2, 0.25) is 5.91 Å². The van der Waals surface area contributed by atoms with Crippen molar-refractivity contribution < 1.29 is 14.3 Å². The lowest BCUT2D eigenvalue weighted by Gasteiger charge is -2.09. The summed E-state index contributed by atoms with van der Waals surface area (Å²) in [5.74, 6) is 1.34. The Labute approximate surface area is 128 Å². The van der Waals surface area contributed by atoms with Crippen LogP contribution in [0.5, 0.6) is 11.5 Å². The van der Waals surface area contributed by atoms with Crippen molar-refractivity contribution >= 4 is 23.2 Å². The monoisotopic (exact) mass is 305 g/mol. The van der Waals surface area contributed by atoms with Crippen LogP contribution < -0.4 is 14.8 Å². The van der Waals surface area contributed by atoms with Crippen LogP contribution in [-0.2, 0) is 4.79 Å². The number of halogens is 1. The van der Waals surface area contributed by atoms with E-state index in [1.54, 1.807) is 36.4 Å². The van der Waals surface area contributed by atoms with Gasteiger partial charge in [0.15, 0.2) is 0 Å². The predicted octanol–water partition coefficient (Wildman–Crippen LogP) is 3.76. The van der Waals surface area contributed by atoms with Crippen LogP contribution >= 0.6 is 11.6 Å². The van der Waals surface area contributed by atoms with Gasteiger partial charge in [-0.05, 0) is 42.5 Å². The summed E-state index contributed by atoms with van der Waals surface area (Å²) in [6.07, 6.45) is 0. The zero-order chi connectivity index (χ0) is 15.1. The third-order valence-electron chi connectivity index (χ3n) is 2.59. The summed E-state index contributed by atoms with van der Waals surface area (Å²) in [4.78, 5) is 10.9. The van der Waals surface area contributed by atoms with E-state index in [4.69, 9.17) is 21.1 Å². The molecule has 0 aliphatic carbocycles. The number of nitrogens with one attached hydrogen (secondary N) is 1. The molecule has 0 saturated carbocycles. The van der Waals surface area contributed by atoms with Gasteiger partial charge in [-0.3, -0.25) is 4.79 Å². The van der Waals surface area contributed by atoms with E-state index < -0.39 is 0 Å². The molecular formula is C16H16ClNO3. The molecule has 0 saturated heterocycles. The van der Waals surface area contributed by atoms with Crippen LogP contribution in [0.1, 0.15) is 6.92 Å². The predicted molar refractivity (Wildman–Crippen MR) is 83.2 cm³/mol. The largest absolute Gasteiger partial charge is 0.490 e. The van der Waals surface area contributed by atoms with E-state index >= 15 is 0 Å². The first-order chi connectivity index (χ1) is 10.1. The Kier molecular flexibility index (Phi) is 5.46. The number of hydrogen-bond donors (Lipinski definition) is 1. The topological polar surface area (TPSA) is 47.6 Å². The van der Waals surface area contributed by atoms with Crippen molar-refractivity contribution in [1.29, 1.82) is 0 Å². The van der Waals surface area contributed by atoms with Crippen molar-refractivity contribution in [3.05, 3.63) is 53.6 Å². The molecule has 1 N–H and O–H groups in total. The summed E-state index contributed by atoms with van der Waals surface area (Å²) in [6, 6.07) is 14.4. The lowest BCUT2D eigenvalue weighted by atomic mass is 10.3. The van der Waals surface area contributed by atoms with E-state index in [1.165, 1.54) is 6.92 Å². The summed E-state index contributed by atoms with van der Waals surface area (Å²) in [6.45, 7) is 2.32. The van der Waals surface area contributed by atoms with E-state index in [2.05, 4.69) is 5.32 Å². The third kappa shape index (κ3) is 5.36. The zero-order valence-corrected chi connectivity index (χ0v) is 12.4. The number of rotatable bonds is 6. The normalized spacial score (nSPS) is 10.0. The van der Waals surface area contributed by atoms with Gasteiger partial charge in [-0.2, -0.15) is 0 Å². The van der Waals surface area contributed by atoms with Crippen LogP contribution in [0.4, 0.5) is 5.69 Å². The van der Waals surface area contributed by atoms with Crippen LogP contribution in [0.3, 0.4) is 0 Å². The number of hydrogen-bond acceptors (Lipinski definition) is 3. The Hall–Kier alpha value is -2.20. The minimum Gasteiger partial charge on any atom is -0.490 e. The molecular weight excluding hydrogens is 290 g/mol. The summed E-state index contributed by atoms with van der Waals surface area (Å²) in [7, 11) is 0. The maximum Gasteiger partial charge on any atom is 0.221 e. The molecule has 0 unspecified atom stereocenters. The van der Waals surface area contributed by atoms with Gasteiger partial charge < -0.3 is 14.8 Å². The maximum atomic E-state index is 10.9. The molecule has 0 aliphatic heterocycles. The molecule has 2 aromatic carbocycles. The highest BCUT2D eigenvalue weighted by atomic mass is 35.5. The molecule has 0 bridgehead atoms. The van der Waals surface area contributed by atoms with E-state index in [9.17, 15) is 4.79 Å². The van der Waals surface area contributed by atoms with E-state index in [1.807, 2.05) is 12.1 Å². The molecule has 0 atom stereocenters. The van der Waals surface area contributed by atoms with Gasteiger partial charge in [0.05, 0.1) is 0 Å². The van der Waals surface area contributed by atoms with E-state index in [0.717, 1.165) is 11.4 Å². The van der Waals surface area contributed by atoms with Gasteiger partial charge in [0.25, 0.3) is 0 Å². The van der Waals surface area contributed by atoms with Crippen molar-refractivity contribution in [3.63, 3.8) is 0 Å². The number of amides is 1. The minimum atomic E-state index is -0.0985. The second kappa shape index (κ2) is 7.55. The smallest absolute Gasteiger partial charge is 0.221 e. The molecule has 0 spiro atoms. The standard InChI is InChI=1S/C16H16ClNO3/c1-12(19)18-14-5-7-15(8-6-14)20-9-10-21-16-4-2-3-13(17)11-16/h2-8,11H,9-10H2,1H3,(H,18,19). The van der Waals surface area contributed by atoms with Gasteiger partial charge >= 0.3 is 0 Å². The minimum absolute atomic E-state index is 0.0985. The van der Waals surface area contributed by atoms with Gasteiger partial charge in [0.1, 0.15) is 24.7 Å². The van der Waals surface area contributed by atoms with Crippen LogP contribution in [0, 0.1) is 0 Å². The number of ether oxygens (including phenoxy) is 2. The number of carbonyl (C=O) groups excluding carboxylic acids is 1. The molecule has 0 aliphatic rings. The molecule has 5 heteroatoms. The number of anilines is 1. The second-order valence-corrected chi connectivity index (χ2v) is 4.80. The lowest BCUT2D eigenvalue weighted by molar-refractivity contribution is -0.114. The van der Waals surface area contributed by atoms with Gasteiger partial charge in [-0.1, -0.05) is 17.7 Å². The van der Waals surface area contributed by atoms with Crippen LogP contribution in [0.2, 0.25) is 5.02 Å². The quantitative estimate of drug-likeness (QED) is 0.827. The first kappa shape index (κ1) is 15.2. The van der Waals surface area contributed by atoms with Crippen LogP contribution in [0.15, 0.2) is 48.5 Å². The number of benzene rings is 2. The van der Waals surface area contributed by atoms with E-state index in [0.29, 0.717) is 24.0 Å². The lowest BCUT2D eigenvalue weighted by Crippen LogP contribution is -2.09. The molecule has 2 rings (SSSR count). The highest BCUT2D eigenvalue weighted by Crippen LogP contribution is 2.18. The van der Waals surface area contributed by atoms with Crippen molar-refractivity contribution in [2.75, 3.05) is 18.5 Å². The van der Waals surface area contributed by atoms with Gasteiger partial charge in [-0.25, -0.2) is 0 Å². The summed E-state index contributed by atoms with van der Waals surface area (Å²) in [5.41, 5.74) is 0.741. The van der Waals surface area contributed by atoms with Crippen LogP contribution in [-0.4, -0.2) is 19.1 Å². The fraction of sp³-hybridized carbons (Fsp3) is 0.188. The first-order valence-electron chi connectivity index (χ1n) is 6.52. The Morgan fingerprint density at radius 3 is 2.33 bits per heavy atom. The first-order valence-corrected chi connectivity index (χ1v) is 6.90. The molecule has 0 radical (unpaired) electrons. The molecule has 1 amide bonds. The second-order valence-electron chi connectivity index (χ2n) is 4.36. The van der Waals surface area contributed by atoms with Gasteiger partial charge in [0, 0.05) is 17.6 Å². The van der Waals surface area contributed by atoms with Crippen molar-refractivity contribution in [1.82, 2.24) is 0 Å². The SMILES string of the molecule is CC(=O)Nc1ccc(OCCOc2cccc(Cl)c2)cc1.